The maximum absolute atomic E-state index is 9.05. The maximum Gasteiger partial charge on any atom is 0.0520 e. The molecule has 0 saturated heterocycles. The van der Waals surface area contributed by atoms with Crippen LogP contribution in [0.4, 0.5) is 0 Å². The van der Waals surface area contributed by atoms with E-state index in [1.807, 2.05) is 6.08 Å². The number of allylic oxidation sites excluding steroid dienone is 1. The molecular formula is C9H16O. The molecule has 0 saturated carbocycles. The first-order chi connectivity index (χ1) is 4.48. The molecule has 58 valence electrons. The van der Waals surface area contributed by atoms with Crippen molar-refractivity contribution in [1.82, 2.24) is 0 Å². The van der Waals surface area contributed by atoms with Gasteiger partial charge in [-0.3, -0.25) is 0 Å². The van der Waals surface area contributed by atoms with E-state index < -0.39 is 0 Å². The lowest BCUT2D eigenvalue weighted by atomic mass is 9.87. The van der Waals surface area contributed by atoms with Crippen molar-refractivity contribution in [2.45, 2.75) is 33.3 Å². The van der Waals surface area contributed by atoms with Gasteiger partial charge in [0.15, 0.2) is 0 Å². The van der Waals surface area contributed by atoms with E-state index in [9.17, 15) is 0 Å². The summed E-state index contributed by atoms with van der Waals surface area (Å²) in [7, 11) is 0. The second-order valence-electron chi connectivity index (χ2n) is 3.39. The summed E-state index contributed by atoms with van der Waals surface area (Å²) in [5, 5.41) is 9.05. The summed E-state index contributed by atoms with van der Waals surface area (Å²) >= 11 is 0. The third-order valence-electron chi connectivity index (χ3n) is 1.31. The molecule has 1 nitrogen and oxygen atoms in total. The van der Waals surface area contributed by atoms with Gasteiger partial charge < -0.3 is 5.11 Å². The second-order valence-corrected chi connectivity index (χ2v) is 3.39. The molecule has 1 atom stereocenters. The number of rotatable bonds is 3. The molecule has 0 bridgehead atoms. The summed E-state index contributed by atoms with van der Waals surface area (Å²) in [6, 6.07) is 0. The van der Waals surface area contributed by atoms with Gasteiger partial charge in [0.1, 0.15) is 0 Å². The summed E-state index contributed by atoms with van der Waals surface area (Å²) in [5.74, 6) is 0. The molecule has 0 fully saturated rings. The lowest BCUT2D eigenvalue weighted by molar-refractivity contribution is 0.148. The molecule has 1 N–H and O–H groups in total. The minimum atomic E-state index is -0.250. The first-order valence-electron chi connectivity index (χ1n) is 3.53. The van der Waals surface area contributed by atoms with Gasteiger partial charge in [-0.1, -0.05) is 20.4 Å². The van der Waals surface area contributed by atoms with E-state index in [0.717, 1.165) is 6.42 Å². The predicted molar refractivity (Wildman–Crippen MR) is 43.8 cm³/mol. The number of hydrogen-bond donors (Lipinski definition) is 1. The highest BCUT2D eigenvalue weighted by atomic mass is 16.3. The van der Waals surface area contributed by atoms with Crippen molar-refractivity contribution in [3.63, 3.8) is 0 Å². The molecule has 1 unspecified atom stereocenters. The Hall–Kier alpha value is -0.520. The average molecular weight is 140 g/mol. The molecule has 0 rings (SSSR count). The minimum absolute atomic E-state index is 0.0237. The summed E-state index contributed by atoms with van der Waals surface area (Å²) in [4.78, 5) is 0. The number of aliphatic hydroxyl groups is 1. The first kappa shape index (κ1) is 9.48. The molecule has 0 aliphatic heterocycles. The van der Waals surface area contributed by atoms with Gasteiger partial charge >= 0.3 is 0 Å². The molecule has 0 aromatic carbocycles. The fourth-order valence-electron chi connectivity index (χ4n) is 1.10. The van der Waals surface area contributed by atoms with Gasteiger partial charge in [0.2, 0.25) is 0 Å². The SMILES string of the molecule is C=C=CC(C)(C)CC(C)O. The molecule has 0 aromatic rings. The zero-order valence-electron chi connectivity index (χ0n) is 7.02. The average Bonchev–Trinajstić information content (AvgIpc) is 1.59. The van der Waals surface area contributed by atoms with Gasteiger partial charge in [0.05, 0.1) is 6.10 Å². The van der Waals surface area contributed by atoms with Crippen LogP contribution < -0.4 is 0 Å². The number of aliphatic hydroxyl groups excluding tert-OH is 1. The van der Waals surface area contributed by atoms with Gasteiger partial charge in [-0.05, 0) is 24.8 Å². The van der Waals surface area contributed by atoms with Gasteiger partial charge in [0, 0.05) is 0 Å². The second kappa shape index (κ2) is 3.60. The zero-order chi connectivity index (χ0) is 8.20. The molecule has 0 aromatic heterocycles. The Morgan fingerprint density at radius 3 is 2.50 bits per heavy atom. The van der Waals surface area contributed by atoms with Crippen LogP contribution in [-0.2, 0) is 0 Å². The van der Waals surface area contributed by atoms with E-state index in [2.05, 4.69) is 26.2 Å². The van der Waals surface area contributed by atoms with Crippen LogP contribution in [0.25, 0.3) is 0 Å². The molecule has 0 radical (unpaired) electrons. The monoisotopic (exact) mass is 140 g/mol. The summed E-state index contributed by atoms with van der Waals surface area (Å²) in [5.41, 5.74) is 2.75. The van der Waals surface area contributed by atoms with Crippen LogP contribution in [0.1, 0.15) is 27.2 Å². The van der Waals surface area contributed by atoms with Crippen LogP contribution in [0.15, 0.2) is 18.4 Å². The van der Waals surface area contributed by atoms with Crippen LogP contribution in [-0.4, -0.2) is 11.2 Å². The van der Waals surface area contributed by atoms with Gasteiger partial charge in [-0.25, -0.2) is 0 Å². The molecule has 0 amide bonds. The summed E-state index contributed by atoms with van der Waals surface area (Å²) in [6.07, 6.45) is 2.40. The van der Waals surface area contributed by atoms with Crippen molar-refractivity contribution in [3.05, 3.63) is 18.4 Å². The fourth-order valence-corrected chi connectivity index (χ4v) is 1.10. The highest BCUT2D eigenvalue weighted by Gasteiger charge is 2.15. The molecule has 0 aliphatic rings. The Balaban J connectivity index is 3.98. The van der Waals surface area contributed by atoms with E-state index in [4.69, 9.17) is 5.11 Å². The highest BCUT2D eigenvalue weighted by molar-refractivity contribution is 4.92. The molecule has 1 heteroatoms. The van der Waals surface area contributed by atoms with Crippen molar-refractivity contribution < 1.29 is 5.11 Å². The van der Waals surface area contributed by atoms with Crippen LogP contribution in [0.2, 0.25) is 0 Å². The molecule has 10 heavy (non-hydrogen) atoms. The van der Waals surface area contributed by atoms with E-state index in [0.29, 0.717) is 0 Å². The van der Waals surface area contributed by atoms with Gasteiger partial charge in [-0.2, -0.15) is 0 Å². The largest absolute Gasteiger partial charge is 0.393 e. The lowest BCUT2D eigenvalue weighted by Gasteiger charge is -2.20. The van der Waals surface area contributed by atoms with Gasteiger partial charge in [-0.15, -0.1) is 5.73 Å². The quantitative estimate of drug-likeness (QED) is 0.595. The maximum atomic E-state index is 9.05. The lowest BCUT2D eigenvalue weighted by Crippen LogP contribution is -2.15. The van der Waals surface area contributed by atoms with E-state index >= 15 is 0 Å². The predicted octanol–water partition coefficient (Wildman–Crippen LogP) is 2.12. The van der Waals surface area contributed by atoms with E-state index in [1.165, 1.54) is 0 Å². The Morgan fingerprint density at radius 2 is 2.20 bits per heavy atom. The third kappa shape index (κ3) is 4.37. The molecule has 0 heterocycles. The van der Waals surface area contributed by atoms with Crippen LogP contribution in [0.3, 0.4) is 0 Å². The van der Waals surface area contributed by atoms with Crippen molar-refractivity contribution in [2.75, 3.05) is 0 Å². The van der Waals surface area contributed by atoms with Gasteiger partial charge in [0.25, 0.3) is 0 Å². The highest BCUT2D eigenvalue weighted by Crippen LogP contribution is 2.22. The topological polar surface area (TPSA) is 20.2 Å². The van der Waals surface area contributed by atoms with Crippen molar-refractivity contribution in [3.8, 4) is 0 Å². The van der Waals surface area contributed by atoms with Crippen molar-refractivity contribution in [2.24, 2.45) is 5.41 Å². The van der Waals surface area contributed by atoms with E-state index in [-0.39, 0.29) is 11.5 Å². The number of hydrogen-bond acceptors (Lipinski definition) is 1. The zero-order valence-corrected chi connectivity index (χ0v) is 7.02. The Labute approximate surface area is 63.1 Å². The summed E-state index contributed by atoms with van der Waals surface area (Å²) in [6.45, 7) is 9.39. The molecule has 0 aliphatic carbocycles. The Morgan fingerprint density at radius 1 is 1.70 bits per heavy atom. The van der Waals surface area contributed by atoms with Crippen molar-refractivity contribution in [1.29, 1.82) is 0 Å². The first-order valence-corrected chi connectivity index (χ1v) is 3.53. The smallest absolute Gasteiger partial charge is 0.0520 e. The minimum Gasteiger partial charge on any atom is -0.393 e. The fraction of sp³-hybridized carbons (Fsp3) is 0.667. The van der Waals surface area contributed by atoms with Crippen molar-refractivity contribution >= 4 is 0 Å². The van der Waals surface area contributed by atoms with E-state index in [1.54, 1.807) is 6.92 Å². The Bertz CT molecular complexity index is 139. The Kier molecular flexibility index (Phi) is 3.41. The van der Waals surface area contributed by atoms with Crippen LogP contribution in [0.5, 0.6) is 0 Å². The third-order valence-corrected chi connectivity index (χ3v) is 1.31. The molecular weight excluding hydrogens is 124 g/mol. The molecule has 0 spiro atoms. The van der Waals surface area contributed by atoms with Crippen LogP contribution >= 0.6 is 0 Å². The van der Waals surface area contributed by atoms with Crippen LogP contribution in [0, 0.1) is 5.41 Å². The normalized spacial score (nSPS) is 14.0. The standard InChI is InChI=1S/C9H16O/c1-5-6-9(3,4)7-8(2)10/h6,8,10H,1,7H2,2-4H3. The summed E-state index contributed by atoms with van der Waals surface area (Å²) < 4.78 is 0.